The molecule has 111 valence electrons. The SMILES string of the molecule is C=CC(C)[Si](OC1CCC1)C(C(C)(C)C)C(C)(C)O. The highest BCUT2D eigenvalue weighted by Gasteiger charge is 2.47. The third-order valence-electron chi connectivity index (χ3n) is 4.01. The van der Waals surface area contributed by atoms with Crippen molar-refractivity contribution < 1.29 is 9.53 Å². The van der Waals surface area contributed by atoms with Gasteiger partial charge in [-0.25, -0.2) is 0 Å². The van der Waals surface area contributed by atoms with Crippen LogP contribution in [0.2, 0.25) is 11.1 Å². The summed E-state index contributed by atoms with van der Waals surface area (Å²) in [5.74, 6) is 0. The van der Waals surface area contributed by atoms with Crippen molar-refractivity contribution in [1.29, 1.82) is 0 Å². The maximum Gasteiger partial charge on any atom is 0.225 e. The van der Waals surface area contributed by atoms with E-state index in [-0.39, 0.29) is 11.0 Å². The smallest absolute Gasteiger partial charge is 0.225 e. The molecule has 0 heterocycles. The van der Waals surface area contributed by atoms with Crippen molar-refractivity contribution in [1.82, 2.24) is 0 Å². The summed E-state index contributed by atoms with van der Waals surface area (Å²) in [6.07, 6.45) is 6.06. The van der Waals surface area contributed by atoms with E-state index in [0.29, 0.717) is 11.6 Å². The van der Waals surface area contributed by atoms with Crippen LogP contribution in [0.3, 0.4) is 0 Å². The summed E-state index contributed by atoms with van der Waals surface area (Å²) in [5, 5.41) is 10.6. The van der Waals surface area contributed by atoms with Crippen LogP contribution >= 0.6 is 0 Å². The van der Waals surface area contributed by atoms with Crippen LogP contribution in [0.25, 0.3) is 0 Å². The summed E-state index contributed by atoms with van der Waals surface area (Å²) in [4.78, 5) is 0. The Hall–Kier alpha value is -0.123. The van der Waals surface area contributed by atoms with Crippen molar-refractivity contribution in [3.8, 4) is 0 Å². The molecule has 2 atom stereocenters. The predicted octanol–water partition coefficient (Wildman–Crippen LogP) is 4.31. The zero-order valence-corrected chi connectivity index (χ0v) is 14.5. The fraction of sp³-hybridized carbons (Fsp3) is 0.875. The lowest BCUT2D eigenvalue weighted by Crippen LogP contribution is -2.49. The van der Waals surface area contributed by atoms with Gasteiger partial charge in [0.25, 0.3) is 0 Å². The van der Waals surface area contributed by atoms with Crippen molar-refractivity contribution >= 4 is 9.04 Å². The molecule has 1 radical (unpaired) electrons. The highest BCUT2D eigenvalue weighted by molar-refractivity contribution is 6.56. The summed E-state index contributed by atoms with van der Waals surface area (Å²) < 4.78 is 6.42. The molecule has 1 rings (SSSR count). The van der Waals surface area contributed by atoms with E-state index in [1.807, 2.05) is 19.9 Å². The lowest BCUT2D eigenvalue weighted by atomic mass is 9.83. The molecular weight excluding hydrogens is 252 g/mol. The Balaban J connectivity index is 2.98. The van der Waals surface area contributed by atoms with Gasteiger partial charge in [-0.05, 0) is 44.1 Å². The first kappa shape index (κ1) is 16.9. The average molecular weight is 284 g/mol. The first-order chi connectivity index (χ1) is 8.57. The van der Waals surface area contributed by atoms with E-state index < -0.39 is 14.6 Å². The van der Waals surface area contributed by atoms with Gasteiger partial charge in [0.2, 0.25) is 9.04 Å². The highest BCUT2D eigenvalue weighted by Crippen LogP contribution is 2.46. The molecular formula is C16H31O2Si. The first-order valence-electron chi connectivity index (χ1n) is 7.45. The molecule has 1 aliphatic carbocycles. The van der Waals surface area contributed by atoms with Crippen molar-refractivity contribution in [2.75, 3.05) is 0 Å². The van der Waals surface area contributed by atoms with Crippen LogP contribution in [0.4, 0.5) is 0 Å². The Kier molecular flexibility index (Phi) is 5.44. The van der Waals surface area contributed by atoms with Crippen LogP contribution in [0.15, 0.2) is 12.7 Å². The van der Waals surface area contributed by atoms with Crippen LogP contribution in [-0.4, -0.2) is 25.9 Å². The summed E-state index contributed by atoms with van der Waals surface area (Å²) >= 11 is 0. The van der Waals surface area contributed by atoms with Crippen LogP contribution in [-0.2, 0) is 4.43 Å². The molecule has 0 aliphatic heterocycles. The molecule has 2 unspecified atom stereocenters. The summed E-state index contributed by atoms with van der Waals surface area (Å²) in [5.41, 5.74) is -0.152. The Labute approximate surface area is 121 Å². The summed E-state index contributed by atoms with van der Waals surface area (Å²) in [6.45, 7) is 16.6. The maximum absolute atomic E-state index is 10.6. The average Bonchev–Trinajstić information content (AvgIpc) is 2.16. The van der Waals surface area contributed by atoms with E-state index in [1.165, 1.54) is 19.3 Å². The van der Waals surface area contributed by atoms with Crippen LogP contribution in [0, 0.1) is 5.41 Å². The number of rotatable bonds is 6. The van der Waals surface area contributed by atoms with Crippen LogP contribution < -0.4 is 0 Å². The molecule has 0 aromatic carbocycles. The molecule has 2 nitrogen and oxygen atoms in total. The molecule has 0 bridgehead atoms. The Morgan fingerprint density at radius 3 is 2.05 bits per heavy atom. The molecule has 1 fully saturated rings. The van der Waals surface area contributed by atoms with Gasteiger partial charge < -0.3 is 9.53 Å². The second-order valence-corrected chi connectivity index (χ2v) is 10.1. The van der Waals surface area contributed by atoms with Crippen molar-refractivity contribution in [3.63, 3.8) is 0 Å². The van der Waals surface area contributed by atoms with Crippen molar-refractivity contribution in [2.24, 2.45) is 5.41 Å². The third-order valence-corrected chi connectivity index (χ3v) is 7.89. The topological polar surface area (TPSA) is 29.5 Å². The third kappa shape index (κ3) is 4.43. The Morgan fingerprint density at radius 2 is 1.79 bits per heavy atom. The van der Waals surface area contributed by atoms with Gasteiger partial charge in [-0.3, -0.25) is 0 Å². The van der Waals surface area contributed by atoms with Gasteiger partial charge in [0.1, 0.15) is 0 Å². The standard InChI is InChI=1S/C16H31O2Si/c1-8-12(2)19(18-13-10-9-11-13)14(15(3,4)5)16(6,7)17/h8,12-14,17H,1,9-11H2,2-7H3. The minimum absolute atomic E-state index is 0.0353. The normalized spacial score (nSPS) is 21.1. The zero-order valence-electron chi connectivity index (χ0n) is 13.5. The fourth-order valence-corrected chi connectivity index (χ4v) is 6.35. The predicted molar refractivity (Wildman–Crippen MR) is 83.6 cm³/mol. The molecule has 19 heavy (non-hydrogen) atoms. The second-order valence-electron chi connectivity index (χ2n) is 7.55. The monoisotopic (exact) mass is 283 g/mol. The molecule has 0 aromatic rings. The van der Waals surface area contributed by atoms with E-state index in [0.717, 1.165) is 0 Å². The van der Waals surface area contributed by atoms with E-state index in [1.54, 1.807) is 0 Å². The first-order valence-corrected chi connectivity index (χ1v) is 9.02. The maximum atomic E-state index is 10.6. The van der Waals surface area contributed by atoms with Gasteiger partial charge in [0, 0.05) is 11.6 Å². The lowest BCUT2D eigenvalue weighted by Gasteiger charge is -2.46. The molecule has 1 saturated carbocycles. The largest absolute Gasteiger partial charge is 0.413 e. The van der Waals surface area contributed by atoms with E-state index in [4.69, 9.17) is 4.43 Å². The molecule has 0 spiro atoms. The molecule has 1 N–H and O–H groups in total. The number of allylic oxidation sites excluding steroid dienone is 1. The minimum atomic E-state index is -1.15. The Morgan fingerprint density at radius 1 is 1.26 bits per heavy atom. The minimum Gasteiger partial charge on any atom is -0.413 e. The highest BCUT2D eigenvalue weighted by atomic mass is 28.3. The van der Waals surface area contributed by atoms with Gasteiger partial charge in [0.05, 0.1) is 5.60 Å². The van der Waals surface area contributed by atoms with Crippen LogP contribution in [0.1, 0.15) is 60.8 Å². The number of aliphatic hydroxyl groups is 1. The van der Waals surface area contributed by atoms with E-state index in [2.05, 4.69) is 34.3 Å². The summed E-state index contributed by atoms with van der Waals surface area (Å²) in [6, 6.07) is 0. The number of hydrogen-bond acceptors (Lipinski definition) is 2. The van der Waals surface area contributed by atoms with Crippen LogP contribution in [0.5, 0.6) is 0 Å². The molecule has 1 aliphatic rings. The molecule has 0 aromatic heterocycles. The molecule has 0 amide bonds. The van der Waals surface area contributed by atoms with Gasteiger partial charge in [-0.2, -0.15) is 0 Å². The van der Waals surface area contributed by atoms with E-state index >= 15 is 0 Å². The second kappa shape index (κ2) is 6.11. The zero-order chi connectivity index (χ0) is 14.8. The van der Waals surface area contributed by atoms with Gasteiger partial charge in [-0.1, -0.05) is 33.8 Å². The number of hydrogen-bond donors (Lipinski definition) is 1. The van der Waals surface area contributed by atoms with Crippen molar-refractivity contribution in [2.45, 2.75) is 83.6 Å². The van der Waals surface area contributed by atoms with Gasteiger partial charge in [-0.15, -0.1) is 6.58 Å². The quantitative estimate of drug-likeness (QED) is 0.581. The lowest BCUT2D eigenvalue weighted by molar-refractivity contribution is 0.0189. The van der Waals surface area contributed by atoms with E-state index in [9.17, 15) is 5.11 Å². The summed E-state index contributed by atoms with van der Waals surface area (Å²) in [7, 11) is -1.15. The molecule has 0 saturated heterocycles. The Bertz CT molecular complexity index is 283. The molecule has 3 heteroatoms. The fourth-order valence-electron chi connectivity index (χ4n) is 3.07. The van der Waals surface area contributed by atoms with Gasteiger partial charge in [0.15, 0.2) is 0 Å². The van der Waals surface area contributed by atoms with Crippen molar-refractivity contribution in [3.05, 3.63) is 12.7 Å². The van der Waals surface area contributed by atoms with Gasteiger partial charge >= 0.3 is 0 Å².